The lowest BCUT2D eigenvalue weighted by molar-refractivity contribution is -0.139. The Morgan fingerprint density at radius 1 is 1.45 bits per heavy atom. The molecule has 29 heavy (non-hydrogen) atoms. The number of likely N-dealkylation sites (tertiary alicyclic amines) is 1. The van der Waals surface area contributed by atoms with E-state index in [0.717, 1.165) is 24.8 Å². The molecule has 0 radical (unpaired) electrons. The molecule has 6 nitrogen and oxygen atoms in total. The summed E-state index contributed by atoms with van der Waals surface area (Å²) in [5, 5.41) is 3.15. The average Bonchev–Trinajstić information content (AvgIpc) is 3.15. The average molecular weight is 396 g/mol. The molecule has 1 aliphatic carbocycles. The zero-order valence-corrected chi connectivity index (χ0v) is 16.9. The first kappa shape index (κ1) is 21.1. The first-order valence-electron chi connectivity index (χ1n) is 10.1. The molecule has 0 bridgehead atoms. The van der Waals surface area contributed by atoms with Gasteiger partial charge in [0.25, 0.3) is 0 Å². The van der Waals surface area contributed by atoms with Gasteiger partial charge in [-0.1, -0.05) is 42.3 Å². The minimum absolute atomic E-state index is 0.0510. The van der Waals surface area contributed by atoms with E-state index in [-0.39, 0.29) is 30.6 Å². The van der Waals surface area contributed by atoms with E-state index in [1.165, 1.54) is 10.5 Å². The van der Waals surface area contributed by atoms with Crippen LogP contribution in [0.4, 0.5) is 0 Å². The number of carbonyl (C=O) groups is 2. The fraction of sp³-hybridized carbons (Fsp3) is 0.478. The summed E-state index contributed by atoms with van der Waals surface area (Å²) in [6.07, 6.45) is 8.31. The molecule has 4 atom stereocenters. The molecular weight excluding hydrogens is 366 g/mol. The van der Waals surface area contributed by atoms with Gasteiger partial charge in [-0.2, -0.15) is 0 Å². The quantitative estimate of drug-likeness (QED) is 0.567. The zero-order chi connectivity index (χ0) is 21.0. The Hall–Kier alpha value is -2.62. The summed E-state index contributed by atoms with van der Waals surface area (Å²) in [5.41, 5.74) is 8.98. The van der Waals surface area contributed by atoms with Crippen LogP contribution in [-0.4, -0.2) is 48.1 Å². The lowest BCUT2D eigenvalue weighted by Gasteiger charge is -2.30. The summed E-state index contributed by atoms with van der Waals surface area (Å²) in [6.45, 7) is 5.92. The van der Waals surface area contributed by atoms with Gasteiger partial charge in [-0.25, -0.2) is 0 Å². The van der Waals surface area contributed by atoms with Crippen LogP contribution >= 0.6 is 0 Å². The summed E-state index contributed by atoms with van der Waals surface area (Å²) in [4.78, 5) is 27.6. The Bertz CT molecular complexity index is 829. The molecule has 1 heterocycles. The maximum atomic E-state index is 13.2. The first-order chi connectivity index (χ1) is 13.9. The summed E-state index contributed by atoms with van der Waals surface area (Å²) >= 11 is 0. The maximum Gasteiger partial charge on any atom is 0.244 e. The molecular formula is C23H29N3O3. The Morgan fingerprint density at radius 3 is 2.93 bits per heavy atom. The molecule has 1 aromatic rings. The highest BCUT2D eigenvalue weighted by molar-refractivity contribution is 5.92. The second kappa shape index (κ2) is 9.25. The molecule has 2 aliphatic rings. The van der Waals surface area contributed by atoms with Gasteiger partial charge in [0.05, 0.1) is 12.1 Å². The van der Waals surface area contributed by atoms with E-state index in [2.05, 4.69) is 29.9 Å². The van der Waals surface area contributed by atoms with Crippen LogP contribution in [0.5, 0.6) is 0 Å². The number of nitrogens with zero attached hydrogens (tertiary/aromatic N) is 1. The van der Waals surface area contributed by atoms with Crippen LogP contribution in [0.3, 0.4) is 0 Å². The largest absolute Gasteiger partial charge is 0.364 e. The number of hydrogen-bond donors (Lipinski definition) is 2. The molecule has 1 fully saturated rings. The number of nitrogens with one attached hydrogen (secondary N) is 1. The lowest BCUT2D eigenvalue weighted by Crippen LogP contribution is -2.52. The van der Waals surface area contributed by atoms with Crippen LogP contribution in [0.1, 0.15) is 43.4 Å². The highest BCUT2D eigenvalue weighted by atomic mass is 16.5. The van der Waals surface area contributed by atoms with E-state index in [1.54, 1.807) is 6.92 Å². The van der Waals surface area contributed by atoms with E-state index in [0.29, 0.717) is 18.5 Å². The molecule has 1 unspecified atom stereocenters. The van der Waals surface area contributed by atoms with Crippen molar-refractivity contribution in [1.29, 1.82) is 0 Å². The van der Waals surface area contributed by atoms with Crippen molar-refractivity contribution < 1.29 is 14.3 Å². The van der Waals surface area contributed by atoms with Crippen molar-refractivity contribution in [3.63, 3.8) is 0 Å². The number of amides is 2. The maximum absolute atomic E-state index is 13.2. The third-order valence-electron chi connectivity index (χ3n) is 5.73. The van der Waals surface area contributed by atoms with Crippen molar-refractivity contribution in [3.8, 4) is 12.3 Å². The van der Waals surface area contributed by atoms with Crippen molar-refractivity contribution in [3.05, 3.63) is 47.5 Å². The highest BCUT2D eigenvalue weighted by Crippen LogP contribution is 2.30. The van der Waals surface area contributed by atoms with Crippen molar-refractivity contribution in [1.82, 2.24) is 10.2 Å². The number of benzene rings is 1. The van der Waals surface area contributed by atoms with Crippen LogP contribution in [-0.2, 0) is 20.7 Å². The predicted octanol–water partition coefficient (Wildman–Crippen LogP) is 1.70. The van der Waals surface area contributed by atoms with Crippen LogP contribution in [0.15, 0.2) is 36.4 Å². The molecule has 1 aliphatic heterocycles. The first-order valence-corrected chi connectivity index (χ1v) is 10.1. The van der Waals surface area contributed by atoms with Crippen LogP contribution in [0.25, 0.3) is 0 Å². The molecule has 2 amide bonds. The number of terminal acetylenes is 1. The number of fused-ring (bicyclic) bond motifs is 1. The van der Waals surface area contributed by atoms with Gasteiger partial charge in [-0.3, -0.25) is 9.59 Å². The smallest absolute Gasteiger partial charge is 0.244 e. The number of hydrogen-bond acceptors (Lipinski definition) is 4. The lowest BCUT2D eigenvalue weighted by atomic mass is 9.87. The Morgan fingerprint density at radius 2 is 2.21 bits per heavy atom. The highest BCUT2D eigenvalue weighted by Gasteiger charge is 2.42. The summed E-state index contributed by atoms with van der Waals surface area (Å²) in [5.74, 6) is 1.94. The summed E-state index contributed by atoms with van der Waals surface area (Å²) < 4.78 is 5.63. The van der Waals surface area contributed by atoms with Crippen molar-refractivity contribution >= 4 is 11.8 Å². The molecule has 0 aromatic heterocycles. The Labute approximate surface area is 172 Å². The van der Waals surface area contributed by atoms with Crippen LogP contribution in [0.2, 0.25) is 0 Å². The monoisotopic (exact) mass is 395 g/mol. The third-order valence-corrected chi connectivity index (χ3v) is 5.73. The van der Waals surface area contributed by atoms with E-state index >= 15 is 0 Å². The van der Waals surface area contributed by atoms with E-state index in [9.17, 15) is 9.59 Å². The topological polar surface area (TPSA) is 84.7 Å². The van der Waals surface area contributed by atoms with Gasteiger partial charge in [0, 0.05) is 13.0 Å². The fourth-order valence-corrected chi connectivity index (χ4v) is 4.14. The molecule has 0 saturated carbocycles. The Balaban J connectivity index is 1.76. The molecule has 1 aromatic carbocycles. The summed E-state index contributed by atoms with van der Waals surface area (Å²) in [7, 11) is 0. The van der Waals surface area contributed by atoms with E-state index < -0.39 is 12.1 Å². The van der Waals surface area contributed by atoms with Crippen molar-refractivity contribution in [2.75, 3.05) is 13.2 Å². The van der Waals surface area contributed by atoms with Gasteiger partial charge in [0.2, 0.25) is 11.8 Å². The van der Waals surface area contributed by atoms with Gasteiger partial charge < -0.3 is 20.7 Å². The van der Waals surface area contributed by atoms with E-state index in [4.69, 9.17) is 16.9 Å². The summed E-state index contributed by atoms with van der Waals surface area (Å²) in [6, 6.07) is 6.65. The third kappa shape index (κ3) is 4.69. The number of rotatable bonds is 6. The number of nitrogens with two attached hydrogens (primary N) is 1. The molecule has 3 rings (SSSR count). The zero-order valence-electron chi connectivity index (χ0n) is 16.9. The fourth-order valence-electron chi connectivity index (χ4n) is 4.14. The van der Waals surface area contributed by atoms with Gasteiger partial charge >= 0.3 is 0 Å². The SMILES string of the molecule is C#CCO[C@H]1C[C@@H](C(=O)NC2CCCc3ccccc32)N(C(=O)[C@@H](N)C(=C)C)C1. The van der Waals surface area contributed by atoms with Gasteiger partial charge in [0.15, 0.2) is 0 Å². The molecule has 1 saturated heterocycles. The standard InChI is InChI=1S/C23H29N3O3/c1-4-12-29-17-13-20(26(14-17)23(28)21(24)15(2)3)22(27)25-19-11-7-9-16-8-5-6-10-18(16)19/h1,5-6,8,10,17,19-21H,2,7,9,11-14,24H2,3H3,(H,25,27)/t17-,19?,20-,21-/m0/s1. The number of ether oxygens (including phenoxy) is 1. The molecule has 0 spiro atoms. The van der Waals surface area contributed by atoms with Crippen molar-refractivity contribution in [2.24, 2.45) is 5.73 Å². The number of aryl methyl sites for hydroxylation is 1. The minimum atomic E-state index is -0.841. The van der Waals surface area contributed by atoms with Gasteiger partial charge in [-0.15, -0.1) is 6.42 Å². The van der Waals surface area contributed by atoms with Gasteiger partial charge in [-0.05, 0) is 37.3 Å². The number of carbonyl (C=O) groups excluding carboxylic acids is 2. The molecule has 6 heteroatoms. The van der Waals surface area contributed by atoms with Crippen molar-refractivity contribution in [2.45, 2.75) is 56.8 Å². The van der Waals surface area contributed by atoms with E-state index in [1.807, 2.05) is 12.1 Å². The normalized spacial score (nSPS) is 24.3. The predicted molar refractivity (Wildman–Crippen MR) is 112 cm³/mol. The van der Waals surface area contributed by atoms with Gasteiger partial charge in [0.1, 0.15) is 18.7 Å². The van der Waals surface area contributed by atoms with Crippen LogP contribution < -0.4 is 11.1 Å². The Kier molecular flexibility index (Phi) is 6.73. The second-order valence-electron chi connectivity index (χ2n) is 7.86. The molecule has 3 N–H and O–H groups in total. The minimum Gasteiger partial charge on any atom is -0.364 e. The van der Waals surface area contributed by atoms with Crippen LogP contribution in [0, 0.1) is 12.3 Å². The second-order valence-corrected chi connectivity index (χ2v) is 7.86. The molecule has 154 valence electrons.